The molecule has 0 aliphatic carbocycles. The lowest BCUT2D eigenvalue weighted by molar-refractivity contribution is -0.122. The number of nitrogens with zero attached hydrogens (tertiary/aromatic N) is 2. The van der Waals surface area contributed by atoms with Crippen LogP contribution in [0, 0.1) is 0 Å². The van der Waals surface area contributed by atoms with Crippen LogP contribution in [0.4, 0.5) is 5.69 Å². The van der Waals surface area contributed by atoms with Crippen molar-refractivity contribution >= 4 is 17.5 Å². The van der Waals surface area contributed by atoms with Crippen LogP contribution >= 0.6 is 0 Å². The van der Waals surface area contributed by atoms with E-state index >= 15 is 0 Å². The topological polar surface area (TPSA) is 75.9 Å². The van der Waals surface area contributed by atoms with Gasteiger partial charge in [-0.25, -0.2) is 0 Å². The van der Waals surface area contributed by atoms with Crippen molar-refractivity contribution in [3.8, 4) is 5.75 Å². The Morgan fingerprint density at radius 2 is 2.16 bits per heavy atom. The number of hydrogen-bond acceptors (Lipinski definition) is 4. The summed E-state index contributed by atoms with van der Waals surface area (Å²) < 4.78 is 5.34. The predicted octanol–water partition coefficient (Wildman–Crippen LogP) is 0.130. The van der Waals surface area contributed by atoms with Gasteiger partial charge >= 0.3 is 0 Å². The molecular weight excluding hydrogens is 246 g/mol. The Hall–Kier alpha value is -2.08. The zero-order valence-corrected chi connectivity index (χ0v) is 11.2. The van der Waals surface area contributed by atoms with Crippen LogP contribution in [0.5, 0.6) is 5.75 Å². The normalized spacial score (nSPS) is 16.0. The van der Waals surface area contributed by atoms with Crippen molar-refractivity contribution in [3.05, 3.63) is 23.8 Å². The number of carbonyl (C=O) groups is 2. The van der Waals surface area contributed by atoms with E-state index in [-0.39, 0.29) is 12.5 Å². The molecule has 1 aromatic rings. The highest BCUT2D eigenvalue weighted by molar-refractivity contribution is 5.97. The molecule has 0 saturated heterocycles. The number of likely N-dealkylation sites (N-methyl/N-ethyl adjacent to an activating group) is 2. The van der Waals surface area contributed by atoms with Crippen molar-refractivity contribution in [3.63, 3.8) is 0 Å². The molecule has 1 aromatic carbocycles. The van der Waals surface area contributed by atoms with Crippen LogP contribution in [0.2, 0.25) is 0 Å². The van der Waals surface area contributed by atoms with E-state index in [0.29, 0.717) is 11.4 Å². The Morgan fingerprint density at radius 1 is 1.47 bits per heavy atom. The largest absolute Gasteiger partial charge is 0.482 e. The Kier molecular flexibility index (Phi) is 3.44. The van der Waals surface area contributed by atoms with Gasteiger partial charge in [0.05, 0.1) is 5.69 Å². The summed E-state index contributed by atoms with van der Waals surface area (Å²) in [4.78, 5) is 26.4. The number of hydrogen-bond donors (Lipinski definition) is 1. The van der Waals surface area contributed by atoms with Gasteiger partial charge in [0.2, 0.25) is 5.91 Å². The highest BCUT2D eigenvalue weighted by Crippen LogP contribution is 2.34. The second-order valence-corrected chi connectivity index (χ2v) is 4.74. The molecular formula is C13H17N3O3. The minimum absolute atomic E-state index is 0.0375. The van der Waals surface area contributed by atoms with Gasteiger partial charge in [-0.2, -0.15) is 0 Å². The molecule has 0 fully saturated rings. The zero-order valence-electron chi connectivity index (χ0n) is 11.2. The van der Waals surface area contributed by atoms with E-state index < -0.39 is 11.9 Å². The molecule has 2 rings (SSSR count). The first-order chi connectivity index (χ1) is 8.91. The molecule has 102 valence electrons. The lowest BCUT2D eigenvalue weighted by Crippen LogP contribution is -2.36. The molecule has 1 aliphatic heterocycles. The maximum absolute atomic E-state index is 11.6. The summed E-state index contributed by atoms with van der Waals surface area (Å²) in [5.41, 5.74) is 6.81. The quantitative estimate of drug-likeness (QED) is 0.841. The number of carbonyl (C=O) groups excluding carboxylic acids is 2. The number of nitrogens with two attached hydrogens (primary N) is 1. The van der Waals surface area contributed by atoms with Crippen molar-refractivity contribution in [1.82, 2.24) is 4.90 Å². The number of primary amides is 1. The molecule has 0 radical (unpaired) electrons. The molecule has 2 amide bonds. The second kappa shape index (κ2) is 4.89. The van der Waals surface area contributed by atoms with E-state index in [1.165, 1.54) is 4.90 Å². The third-order valence-electron chi connectivity index (χ3n) is 3.17. The predicted molar refractivity (Wildman–Crippen MR) is 71.0 cm³/mol. The Labute approximate surface area is 111 Å². The van der Waals surface area contributed by atoms with Crippen molar-refractivity contribution in [2.75, 3.05) is 32.6 Å². The minimum atomic E-state index is -0.532. The maximum atomic E-state index is 11.6. The number of fused-ring (bicyclic) bond motifs is 1. The Balaban J connectivity index is 2.45. The van der Waals surface area contributed by atoms with Gasteiger partial charge in [0.25, 0.3) is 5.91 Å². The fraction of sp³-hybridized carbons (Fsp3) is 0.385. The van der Waals surface area contributed by atoms with Crippen LogP contribution in [0.3, 0.4) is 0 Å². The van der Waals surface area contributed by atoms with E-state index in [1.807, 2.05) is 0 Å². The third kappa shape index (κ3) is 2.39. The molecule has 0 saturated carbocycles. The van der Waals surface area contributed by atoms with Crippen molar-refractivity contribution in [2.45, 2.75) is 6.04 Å². The van der Waals surface area contributed by atoms with E-state index in [2.05, 4.69) is 0 Å². The second-order valence-electron chi connectivity index (χ2n) is 4.74. The molecule has 2 N–H and O–H groups in total. The highest BCUT2D eigenvalue weighted by Gasteiger charge is 2.26. The SMILES string of the molecule is CN1C(=O)COc2ccc(C(C(N)=O)N(C)C)cc21. The summed E-state index contributed by atoms with van der Waals surface area (Å²) in [6.45, 7) is 0.0375. The molecule has 19 heavy (non-hydrogen) atoms. The standard InChI is InChI=1S/C13H17N3O3/c1-15(2)12(13(14)18)8-4-5-10-9(6-8)16(3)11(17)7-19-10/h4-6,12H,7H2,1-3H3,(H2,14,18). The molecule has 0 aromatic heterocycles. The summed E-state index contributed by atoms with van der Waals surface area (Å²) in [5, 5.41) is 0. The van der Waals surface area contributed by atoms with Crippen molar-refractivity contribution < 1.29 is 14.3 Å². The number of benzene rings is 1. The minimum Gasteiger partial charge on any atom is -0.482 e. The molecule has 6 heteroatoms. The lowest BCUT2D eigenvalue weighted by atomic mass is 10.0. The molecule has 1 heterocycles. The number of ether oxygens (including phenoxy) is 1. The van der Waals surface area contributed by atoms with Crippen molar-refractivity contribution in [2.24, 2.45) is 5.73 Å². The third-order valence-corrected chi connectivity index (χ3v) is 3.17. The van der Waals surface area contributed by atoms with Crippen LogP contribution in [0.15, 0.2) is 18.2 Å². The van der Waals surface area contributed by atoms with Crippen LogP contribution < -0.4 is 15.4 Å². The van der Waals surface area contributed by atoms with Gasteiger partial charge in [-0.3, -0.25) is 14.5 Å². The fourth-order valence-corrected chi connectivity index (χ4v) is 2.18. The molecule has 0 spiro atoms. The van der Waals surface area contributed by atoms with Gasteiger partial charge in [-0.05, 0) is 31.8 Å². The highest BCUT2D eigenvalue weighted by atomic mass is 16.5. The van der Waals surface area contributed by atoms with Gasteiger partial charge in [-0.1, -0.05) is 6.07 Å². The Morgan fingerprint density at radius 3 is 2.74 bits per heavy atom. The summed E-state index contributed by atoms with van der Waals surface area (Å²) in [6.07, 6.45) is 0. The van der Waals surface area contributed by atoms with Gasteiger partial charge < -0.3 is 15.4 Å². The van der Waals surface area contributed by atoms with E-state index in [9.17, 15) is 9.59 Å². The summed E-state index contributed by atoms with van der Waals surface area (Å²) >= 11 is 0. The molecule has 1 aliphatic rings. The number of anilines is 1. The molecule has 6 nitrogen and oxygen atoms in total. The van der Waals surface area contributed by atoms with E-state index in [1.54, 1.807) is 44.2 Å². The average molecular weight is 263 g/mol. The number of rotatable bonds is 3. The average Bonchev–Trinajstić information content (AvgIpc) is 2.33. The molecule has 1 unspecified atom stereocenters. The van der Waals surface area contributed by atoms with Crippen LogP contribution in [0.1, 0.15) is 11.6 Å². The summed E-state index contributed by atoms with van der Waals surface area (Å²) in [6, 6.07) is 4.78. The first-order valence-corrected chi connectivity index (χ1v) is 5.91. The first kappa shape index (κ1) is 13.4. The van der Waals surface area contributed by atoms with Crippen molar-refractivity contribution in [1.29, 1.82) is 0 Å². The molecule has 0 bridgehead atoms. The van der Waals surface area contributed by atoms with Gasteiger partial charge in [0.1, 0.15) is 11.8 Å². The monoisotopic (exact) mass is 263 g/mol. The summed E-state index contributed by atoms with van der Waals surface area (Å²) in [7, 11) is 5.24. The first-order valence-electron chi connectivity index (χ1n) is 5.91. The molecule has 1 atom stereocenters. The summed E-state index contributed by atoms with van der Waals surface area (Å²) in [5.74, 6) is 0.0774. The maximum Gasteiger partial charge on any atom is 0.264 e. The van der Waals surface area contributed by atoms with Gasteiger partial charge in [0, 0.05) is 7.05 Å². The zero-order chi connectivity index (χ0) is 14.2. The Bertz CT molecular complexity index is 528. The van der Waals surface area contributed by atoms with Crippen LogP contribution in [0.25, 0.3) is 0 Å². The number of amides is 2. The van der Waals surface area contributed by atoms with Crippen LogP contribution in [-0.2, 0) is 9.59 Å². The lowest BCUT2D eigenvalue weighted by Gasteiger charge is -2.28. The van der Waals surface area contributed by atoms with E-state index in [4.69, 9.17) is 10.5 Å². The van der Waals surface area contributed by atoms with Gasteiger partial charge in [0.15, 0.2) is 6.61 Å². The van der Waals surface area contributed by atoms with E-state index in [0.717, 1.165) is 5.56 Å². The van der Waals surface area contributed by atoms with Crippen LogP contribution in [-0.4, -0.2) is 44.5 Å². The van der Waals surface area contributed by atoms with Gasteiger partial charge in [-0.15, -0.1) is 0 Å². The smallest absolute Gasteiger partial charge is 0.264 e. The fourth-order valence-electron chi connectivity index (χ4n) is 2.18.